The van der Waals surface area contributed by atoms with Crippen molar-refractivity contribution in [2.45, 2.75) is 24.6 Å². The largest absolute Gasteiger partial charge is 0.468 e. The molecule has 192 valence electrons. The maximum atomic E-state index is 13.8. The zero-order chi connectivity index (χ0) is 26.5. The molecule has 1 aliphatic heterocycles. The van der Waals surface area contributed by atoms with Crippen molar-refractivity contribution in [1.82, 2.24) is 15.6 Å². The summed E-state index contributed by atoms with van der Waals surface area (Å²) >= 11 is 7.57. The molecule has 6 N–H and O–H groups in total. The third-order valence-corrected chi connectivity index (χ3v) is 6.25. The number of carbonyl (C=O) groups is 1. The van der Waals surface area contributed by atoms with Crippen LogP contribution in [0, 0.1) is 11.2 Å². The Morgan fingerprint density at radius 1 is 1.50 bits per heavy atom. The number of aliphatic imine (C=N–C) groups is 1. The lowest BCUT2D eigenvalue weighted by atomic mass is 9.86. The van der Waals surface area contributed by atoms with Gasteiger partial charge < -0.3 is 31.6 Å². The fourth-order valence-corrected chi connectivity index (χ4v) is 4.31. The van der Waals surface area contributed by atoms with E-state index in [0.717, 1.165) is 31.5 Å². The number of thiazole rings is 1. The number of ether oxygens (including phenoxy) is 1. The Bertz CT molecular complexity index is 1220. The lowest BCUT2D eigenvalue weighted by molar-refractivity contribution is -0.148. The number of hydrogen-bond acceptors (Lipinski definition) is 10. The second-order valence-electron chi connectivity index (χ2n) is 7.60. The number of methoxy groups -OCH3 is 1. The lowest BCUT2D eigenvalue weighted by Crippen LogP contribution is -2.54. The number of aliphatic hydroxyl groups excluding tert-OH is 1. The molecule has 14 heteroatoms. The van der Waals surface area contributed by atoms with E-state index < -0.39 is 36.5 Å². The van der Waals surface area contributed by atoms with Gasteiger partial charge in [0.25, 0.3) is 0 Å². The van der Waals surface area contributed by atoms with Gasteiger partial charge in [-0.2, -0.15) is 8.78 Å². The predicted octanol–water partition coefficient (Wildman–Crippen LogP) is 2.88. The molecule has 0 spiro atoms. The second-order valence-corrected chi connectivity index (χ2v) is 8.90. The number of nitrogens with two attached hydrogens (primary N) is 1. The Hall–Kier alpha value is -3.26. The molecule has 0 saturated heterocycles. The second kappa shape index (κ2) is 11.6. The maximum absolute atomic E-state index is 13.8. The van der Waals surface area contributed by atoms with Crippen molar-refractivity contribution in [2.24, 2.45) is 10.7 Å². The SMILES string of the molecule is COC(=O)C(N)(CO)CC1=C(C(=N)/C=C\NC(F)F)[C@H](c2ccc(F)cc2Cl)N=C(c2nccs2)N1. The molecule has 1 unspecified atom stereocenters. The van der Waals surface area contributed by atoms with E-state index in [4.69, 9.17) is 27.5 Å². The van der Waals surface area contributed by atoms with Crippen LogP contribution in [-0.4, -0.2) is 53.4 Å². The number of esters is 1. The highest BCUT2D eigenvalue weighted by Gasteiger charge is 2.40. The van der Waals surface area contributed by atoms with Crippen molar-refractivity contribution >= 4 is 40.5 Å². The van der Waals surface area contributed by atoms with E-state index in [1.165, 1.54) is 17.4 Å². The zero-order valence-corrected chi connectivity index (χ0v) is 20.3. The summed E-state index contributed by atoms with van der Waals surface area (Å²) in [7, 11) is 1.10. The highest BCUT2D eigenvalue weighted by atomic mass is 35.5. The molecule has 1 aromatic heterocycles. The van der Waals surface area contributed by atoms with Crippen LogP contribution in [0.1, 0.15) is 23.0 Å². The molecule has 0 aliphatic carbocycles. The third kappa shape index (κ3) is 6.10. The van der Waals surface area contributed by atoms with Gasteiger partial charge in [0, 0.05) is 46.1 Å². The Kier molecular flexibility index (Phi) is 8.84. The molecule has 0 radical (unpaired) electrons. The van der Waals surface area contributed by atoms with Crippen molar-refractivity contribution in [3.63, 3.8) is 0 Å². The predicted molar refractivity (Wildman–Crippen MR) is 130 cm³/mol. The van der Waals surface area contributed by atoms with E-state index in [2.05, 4.69) is 15.3 Å². The summed E-state index contributed by atoms with van der Waals surface area (Å²) in [5, 5.41) is 25.4. The monoisotopic (exact) mass is 542 g/mol. The first-order chi connectivity index (χ1) is 17.1. The molecule has 36 heavy (non-hydrogen) atoms. The molecule has 3 rings (SSSR count). The van der Waals surface area contributed by atoms with Gasteiger partial charge in [0.1, 0.15) is 17.4 Å². The van der Waals surface area contributed by atoms with Crippen LogP contribution in [0.5, 0.6) is 0 Å². The van der Waals surface area contributed by atoms with Crippen LogP contribution in [0.4, 0.5) is 13.2 Å². The van der Waals surface area contributed by atoms with Crippen molar-refractivity contribution < 1.29 is 27.8 Å². The Balaban J connectivity index is 2.22. The van der Waals surface area contributed by atoms with Crippen LogP contribution >= 0.6 is 22.9 Å². The van der Waals surface area contributed by atoms with E-state index in [1.54, 1.807) is 16.9 Å². The van der Waals surface area contributed by atoms with Gasteiger partial charge in [-0.15, -0.1) is 11.3 Å². The molecular formula is C22H22ClF3N6O3S. The normalized spacial score (nSPS) is 17.6. The molecule has 0 bridgehead atoms. The summed E-state index contributed by atoms with van der Waals surface area (Å²) in [4.78, 5) is 21.2. The molecule has 1 aliphatic rings. The number of benzene rings is 1. The quantitative estimate of drug-likeness (QED) is 0.176. The van der Waals surface area contributed by atoms with Crippen LogP contribution < -0.4 is 16.4 Å². The first-order valence-corrected chi connectivity index (χ1v) is 11.6. The van der Waals surface area contributed by atoms with Crippen molar-refractivity contribution in [2.75, 3.05) is 13.7 Å². The Labute approximate surface area is 213 Å². The maximum Gasteiger partial charge on any atom is 0.328 e. The van der Waals surface area contributed by atoms with Crippen LogP contribution in [-0.2, 0) is 9.53 Å². The molecule has 2 heterocycles. The first-order valence-electron chi connectivity index (χ1n) is 10.3. The van der Waals surface area contributed by atoms with Crippen LogP contribution in [0.15, 0.2) is 58.3 Å². The van der Waals surface area contributed by atoms with E-state index >= 15 is 0 Å². The minimum Gasteiger partial charge on any atom is -0.468 e. The van der Waals surface area contributed by atoms with Gasteiger partial charge in [0.2, 0.25) is 0 Å². The number of aliphatic hydroxyl groups is 1. The van der Waals surface area contributed by atoms with E-state index in [-0.39, 0.29) is 34.3 Å². The molecule has 9 nitrogen and oxygen atoms in total. The van der Waals surface area contributed by atoms with Crippen LogP contribution in [0.3, 0.4) is 0 Å². The standard InChI is InChI=1S/C22H22ClF3N6O3S/c1-35-20(34)22(28,10-33)9-15-16(14(27)4-5-30-21(25)26)17(12-3-2-11(24)8-13(12)23)32-18(31-15)19-29-6-7-36-19/h2-8,17,21,27,30,33H,9-10,28H2,1H3,(H,31,32)/b5-4-,27-14?/t17-,22?/m0/s1. The van der Waals surface area contributed by atoms with Gasteiger partial charge in [-0.25, -0.2) is 14.2 Å². The van der Waals surface area contributed by atoms with E-state index in [9.17, 15) is 23.1 Å². The number of carbonyl (C=O) groups excluding carboxylic acids is 1. The fraction of sp³-hybridized carbons (Fsp3) is 0.273. The summed E-state index contributed by atoms with van der Waals surface area (Å²) in [6, 6.07) is 2.57. The highest BCUT2D eigenvalue weighted by Crippen LogP contribution is 2.38. The molecule has 1 aromatic carbocycles. The summed E-state index contributed by atoms with van der Waals surface area (Å²) in [5.74, 6) is -1.29. The van der Waals surface area contributed by atoms with Gasteiger partial charge in [-0.05, 0) is 18.2 Å². The number of alkyl halides is 2. The van der Waals surface area contributed by atoms with Crippen LogP contribution in [0.25, 0.3) is 0 Å². The number of halogens is 4. The highest BCUT2D eigenvalue weighted by molar-refractivity contribution is 7.11. The zero-order valence-electron chi connectivity index (χ0n) is 18.8. The molecule has 0 saturated carbocycles. The van der Waals surface area contributed by atoms with Gasteiger partial charge in [-0.3, -0.25) is 4.99 Å². The molecule has 0 fully saturated rings. The van der Waals surface area contributed by atoms with Gasteiger partial charge in [0.05, 0.1) is 19.4 Å². The van der Waals surface area contributed by atoms with Gasteiger partial charge in [0.15, 0.2) is 10.8 Å². The summed E-state index contributed by atoms with van der Waals surface area (Å²) < 4.78 is 43.8. The average Bonchev–Trinajstić information content (AvgIpc) is 3.37. The molecule has 2 atom stereocenters. The van der Waals surface area contributed by atoms with E-state index in [1.807, 2.05) is 0 Å². The molecule has 2 aromatic rings. The van der Waals surface area contributed by atoms with Crippen molar-refractivity contribution in [3.05, 3.63) is 74.7 Å². The summed E-state index contributed by atoms with van der Waals surface area (Å²) in [6.45, 7) is -3.67. The molecule has 0 amide bonds. The number of hydrogen-bond donors (Lipinski definition) is 5. The van der Waals surface area contributed by atoms with E-state index in [0.29, 0.717) is 10.6 Å². The number of rotatable bonds is 10. The Morgan fingerprint density at radius 2 is 2.25 bits per heavy atom. The first kappa shape index (κ1) is 27.3. The molecular weight excluding hydrogens is 521 g/mol. The minimum absolute atomic E-state index is 0.00221. The average molecular weight is 543 g/mol. The van der Waals surface area contributed by atoms with Gasteiger partial charge >= 0.3 is 12.5 Å². The number of allylic oxidation sites excluding steroid dienone is 1. The van der Waals surface area contributed by atoms with Gasteiger partial charge in [-0.1, -0.05) is 17.7 Å². The third-order valence-electron chi connectivity index (χ3n) is 5.15. The minimum atomic E-state index is -2.87. The number of nitrogens with zero attached hydrogens (tertiary/aromatic N) is 2. The number of nitrogens with one attached hydrogen (secondary N) is 3. The smallest absolute Gasteiger partial charge is 0.328 e. The summed E-state index contributed by atoms with van der Waals surface area (Å²) in [5.41, 5.74) is 4.50. The summed E-state index contributed by atoms with van der Waals surface area (Å²) in [6.07, 6.45) is 3.12. The Morgan fingerprint density at radius 3 is 2.83 bits per heavy atom. The topological polar surface area (TPSA) is 146 Å². The number of aromatic nitrogens is 1. The van der Waals surface area contributed by atoms with Crippen LogP contribution in [0.2, 0.25) is 5.02 Å². The van der Waals surface area contributed by atoms with Crippen molar-refractivity contribution in [1.29, 1.82) is 5.41 Å². The lowest BCUT2D eigenvalue weighted by Gasteiger charge is -2.32. The number of amidine groups is 1. The fourth-order valence-electron chi connectivity index (χ4n) is 3.45. The van der Waals surface area contributed by atoms with Crippen molar-refractivity contribution in [3.8, 4) is 0 Å².